The van der Waals surface area contributed by atoms with Crippen LogP contribution >= 0.6 is 0 Å². The van der Waals surface area contributed by atoms with Crippen molar-refractivity contribution >= 4 is 17.5 Å². The molecule has 280 valence electrons. The van der Waals surface area contributed by atoms with Crippen molar-refractivity contribution in [3.8, 4) is 28.7 Å². The first-order valence-electron chi connectivity index (χ1n) is 16.5. The van der Waals surface area contributed by atoms with Crippen LogP contribution in [0.15, 0.2) is 48.7 Å². The summed E-state index contributed by atoms with van der Waals surface area (Å²) in [5.74, 6) is -7.34. The number of alkyl halides is 6. The molecule has 3 rings (SSSR count). The second-order valence-corrected chi connectivity index (χ2v) is 11.5. The lowest BCUT2D eigenvalue weighted by Crippen LogP contribution is -2.21. The van der Waals surface area contributed by atoms with Crippen molar-refractivity contribution in [2.24, 2.45) is 5.73 Å². The Morgan fingerprint density at radius 3 is 1.88 bits per heavy atom. The van der Waals surface area contributed by atoms with E-state index in [1.54, 1.807) is 0 Å². The summed E-state index contributed by atoms with van der Waals surface area (Å²) in [6.45, 7) is 2.23. The molecular weight excluding hydrogens is 691 g/mol. The molecular formula is C35H40F7N3O6. The first-order valence-corrected chi connectivity index (χ1v) is 16.5. The number of halogens is 7. The minimum atomic E-state index is -5.33. The van der Waals surface area contributed by atoms with E-state index in [0.717, 1.165) is 68.6 Å². The fraction of sp³-hybridized carbons (Fsp3) is 0.457. The van der Waals surface area contributed by atoms with E-state index in [-0.39, 0.29) is 29.5 Å². The average Bonchev–Trinajstić information content (AvgIpc) is 3.04. The van der Waals surface area contributed by atoms with Crippen molar-refractivity contribution in [2.75, 3.05) is 11.9 Å². The highest BCUT2D eigenvalue weighted by atomic mass is 19.4. The van der Waals surface area contributed by atoms with Crippen LogP contribution in [0.2, 0.25) is 0 Å². The Morgan fingerprint density at radius 2 is 1.29 bits per heavy atom. The predicted molar refractivity (Wildman–Crippen MR) is 174 cm³/mol. The zero-order valence-corrected chi connectivity index (χ0v) is 27.9. The number of carbonyl (C=O) groups is 2. The maximum absolute atomic E-state index is 15.5. The lowest BCUT2D eigenvalue weighted by molar-refractivity contribution is -0.276. The van der Waals surface area contributed by atoms with Crippen molar-refractivity contribution in [3.05, 3.63) is 65.7 Å². The molecule has 2 aromatic carbocycles. The van der Waals surface area contributed by atoms with Gasteiger partial charge in [-0.1, -0.05) is 77.6 Å². The molecule has 0 saturated carbocycles. The third-order valence-corrected chi connectivity index (χ3v) is 7.42. The second kappa shape index (κ2) is 19.6. The largest absolute Gasteiger partial charge is 0.573 e. The number of carbonyl (C=O) groups excluding carboxylic acids is 2. The summed E-state index contributed by atoms with van der Waals surface area (Å²) in [4.78, 5) is 28.5. The predicted octanol–water partition coefficient (Wildman–Crippen LogP) is 10.2. The molecule has 0 atom stereocenters. The molecule has 0 bridgehead atoms. The molecule has 0 spiro atoms. The molecule has 1 heterocycles. The van der Waals surface area contributed by atoms with E-state index in [9.17, 15) is 35.9 Å². The number of pyridine rings is 1. The number of nitrogens with two attached hydrogens (primary N) is 1. The fourth-order valence-electron chi connectivity index (χ4n) is 5.00. The van der Waals surface area contributed by atoms with Gasteiger partial charge >= 0.3 is 12.7 Å². The van der Waals surface area contributed by atoms with Gasteiger partial charge in [0.2, 0.25) is 0 Å². The number of nitrogens with zero attached hydrogens (tertiary/aromatic N) is 1. The van der Waals surface area contributed by atoms with Crippen molar-refractivity contribution in [2.45, 2.75) is 96.7 Å². The Bertz CT molecular complexity index is 1580. The molecule has 3 N–H and O–H groups in total. The summed E-state index contributed by atoms with van der Waals surface area (Å²) in [5, 5.41) is 2.22. The Morgan fingerprint density at radius 1 is 0.725 bits per heavy atom. The number of unbranched alkanes of at least 4 members (excludes halogenated alkanes) is 11. The van der Waals surface area contributed by atoms with Crippen molar-refractivity contribution < 1.29 is 59.3 Å². The summed E-state index contributed by atoms with van der Waals surface area (Å²) in [6.07, 6.45) is 3.60. The zero-order valence-electron chi connectivity index (χ0n) is 27.9. The van der Waals surface area contributed by atoms with E-state index in [1.165, 1.54) is 44.6 Å². The Hall–Kier alpha value is -4.76. The van der Waals surface area contributed by atoms with Gasteiger partial charge in [-0.3, -0.25) is 14.6 Å². The van der Waals surface area contributed by atoms with Gasteiger partial charge in [0.15, 0.2) is 23.1 Å². The number of aromatic nitrogens is 1. The van der Waals surface area contributed by atoms with Gasteiger partial charge in [0.25, 0.3) is 11.8 Å². The summed E-state index contributed by atoms with van der Waals surface area (Å²) >= 11 is 0. The van der Waals surface area contributed by atoms with Crippen LogP contribution in [0.4, 0.5) is 36.4 Å². The van der Waals surface area contributed by atoms with E-state index < -0.39 is 53.2 Å². The molecule has 3 aromatic rings. The standard InChI is InChI=1S/C35H40F7N3O6/c1-2-3-4-5-6-7-8-9-10-11-12-13-20-48-29-22-24(50-34(37,38)39)14-15-26(29)49-27-16-17-28(51-35(40,41)42)31(36)30(27)33(47)45-23-18-19-44-25(21-23)32(43)46/h14-19,21-22H,2-13,20H2,1H3,(H2,43,46)(H,44,45,47). The van der Waals surface area contributed by atoms with E-state index in [1.807, 2.05) is 0 Å². The maximum Gasteiger partial charge on any atom is 0.573 e. The van der Waals surface area contributed by atoms with Gasteiger partial charge in [0.05, 0.1) is 6.61 Å². The highest BCUT2D eigenvalue weighted by molar-refractivity contribution is 6.07. The number of anilines is 1. The average molecular weight is 732 g/mol. The highest BCUT2D eigenvalue weighted by Crippen LogP contribution is 2.40. The van der Waals surface area contributed by atoms with Gasteiger partial charge in [0.1, 0.15) is 22.8 Å². The molecule has 0 saturated heterocycles. The molecule has 0 aliphatic rings. The summed E-state index contributed by atoms with van der Waals surface area (Å²) in [7, 11) is 0. The summed E-state index contributed by atoms with van der Waals surface area (Å²) in [6, 6.07) is 6.34. The molecule has 0 fully saturated rings. The number of amides is 2. The number of hydrogen-bond donors (Lipinski definition) is 2. The summed E-state index contributed by atoms with van der Waals surface area (Å²) in [5.41, 5.74) is 3.71. The number of primary amides is 1. The van der Waals surface area contributed by atoms with Crippen LogP contribution in [-0.4, -0.2) is 36.1 Å². The van der Waals surface area contributed by atoms with Gasteiger partial charge in [-0.2, -0.15) is 0 Å². The Balaban J connectivity index is 1.78. The van der Waals surface area contributed by atoms with Gasteiger partial charge in [0, 0.05) is 18.0 Å². The van der Waals surface area contributed by atoms with Gasteiger partial charge in [-0.05, 0) is 42.8 Å². The normalized spacial score (nSPS) is 11.6. The number of ether oxygens (including phenoxy) is 4. The monoisotopic (exact) mass is 731 g/mol. The molecule has 2 amide bonds. The van der Waals surface area contributed by atoms with E-state index in [4.69, 9.17) is 15.2 Å². The number of benzene rings is 2. The fourth-order valence-corrected chi connectivity index (χ4v) is 5.00. The third-order valence-electron chi connectivity index (χ3n) is 7.42. The lowest BCUT2D eigenvalue weighted by Gasteiger charge is -2.18. The van der Waals surface area contributed by atoms with Gasteiger partial charge in [-0.15, -0.1) is 26.3 Å². The Kier molecular flexibility index (Phi) is 15.6. The third kappa shape index (κ3) is 14.6. The van der Waals surface area contributed by atoms with Crippen LogP contribution in [-0.2, 0) is 0 Å². The molecule has 0 aliphatic heterocycles. The minimum Gasteiger partial charge on any atom is -0.490 e. The Labute approximate surface area is 290 Å². The van der Waals surface area contributed by atoms with Crippen LogP contribution in [0.3, 0.4) is 0 Å². The summed E-state index contributed by atoms with van der Waals surface area (Å²) < 4.78 is 113. The van der Waals surface area contributed by atoms with Crippen molar-refractivity contribution in [1.82, 2.24) is 4.98 Å². The molecule has 0 radical (unpaired) electrons. The van der Waals surface area contributed by atoms with Crippen LogP contribution in [0.1, 0.15) is 105 Å². The van der Waals surface area contributed by atoms with E-state index in [0.29, 0.717) is 12.5 Å². The second-order valence-electron chi connectivity index (χ2n) is 11.5. The van der Waals surface area contributed by atoms with Gasteiger partial charge < -0.3 is 30.0 Å². The topological polar surface area (TPSA) is 122 Å². The molecule has 9 nitrogen and oxygen atoms in total. The lowest BCUT2D eigenvalue weighted by atomic mass is 10.1. The smallest absolute Gasteiger partial charge is 0.490 e. The van der Waals surface area contributed by atoms with E-state index >= 15 is 4.39 Å². The van der Waals surface area contributed by atoms with Crippen LogP contribution in [0.25, 0.3) is 0 Å². The van der Waals surface area contributed by atoms with Crippen LogP contribution in [0, 0.1) is 5.82 Å². The van der Waals surface area contributed by atoms with Gasteiger partial charge in [-0.25, -0.2) is 4.39 Å². The molecule has 0 aliphatic carbocycles. The number of nitrogens with one attached hydrogen (secondary N) is 1. The minimum absolute atomic E-state index is 0.0492. The van der Waals surface area contributed by atoms with E-state index in [2.05, 4.69) is 26.7 Å². The number of hydrogen-bond acceptors (Lipinski definition) is 7. The van der Waals surface area contributed by atoms with Crippen LogP contribution in [0.5, 0.6) is 28.7 Å². The molecule has 0 unspecified atom stereocenters. The highest BCUT2D eigenvalue weighted by Gasteiger charge is 2.35. The quantitative estimate of drug-likeness (QED) is 0.0826. The molecule has 51 heavy (non-hydrogen) atoms. The zero-order chi connectivity index (χ0) is 37.4. The number of rotatable bonds is 21. The first-order chi connectivity index (χ1) is 24.2. The van der Waals surface area contributed by atoms with Crippen LogP contribution < -0.4 is 30.0 Å². The molecule has 1 aromatic heterocycles. The molecule has 16 heteroatoms. The first kappa shape index (κ1) is 40.7. The SMILES string of the molecule is CCCCCCCCCCCCCCOc1cc(OC(F)(F)F)ccc1Oc1ccc(OC(F)(F)F)c(F)c1C(=O)Nc1ccnc(C(N)=O)c1. The van der Waals surface area contributed by atoms with Crippen molar-refractivity contribution in [3.63, 3.8) is 0 Å². The maximum atomic E-state index is 15.5. The van der Waals surface area contributed by atoms with Crippen molar-refractivity contribution in [1.29, 1.82) is 0 Å².